The largest absolute Gasteiger partial charge is 0.378 e. The van der Waals surface area contributed by atoms with Gasteiger partial charge >= 0.3 is 0 Å². The van der Waals surface area contributed by atoms with Crippen LogP contribution in [-0.4, -0.2) is 35.7 Å². The van der Waals surface area contributed by atoms with Gasteiger partial charge in [0, 0.05) is 37.5 Å². The van der Waals surface area contributed by atoms with Crippen molar-refractivity contribution >= 4 is 0 Å². The predicted octanol–water partition coefficient (Wildman–Crippen LogP) is 4.39. The van der Waals surface area contributed by atoms with Gasteiger partial charge in [0.1, 0.15) is 0 Å². The maximum Gasteiger partial charge on any atom is 0.0645 e. The van der Waals surface area contributed by atoms with Gasteiger partial charge in [0.2, 0.25) is 0 Å². The van der Waals surface area contributed by atoms with Crippen molar-refractivity contribution < 1.29 is 4.74 Å². The van der Waals surface area contributed by atoms with Crippen molar-refractivity contribution in [1.82, 2.24) is 9.88 Å². The SMILES string of the molecule is Cc1cncc(CN2CCC(CCc3ccccc3)(C3CCCO3)C2)c1. The molecule has 0 radical (unpaired) electrons. The topological polar surface area (TPSA) is 25.4 Å². The molecule has 4 rings (SSSR count). The first kappa shape index (κ1) is 17.7. The van der Waals surface area contributed by atoms with Gasteiger partial charge in [-0.1, -0.05) is 36.4 Å². The lowest BCUT2D eigenvalue weighted by Crippen LogP contribution is -2.38. The molecule has 2 aliphatic rings. The Morgan fingerprint density at radius 2 is 2.08 bits per heavy atom. The quantitative estimate of drug-likeness (QED) is 0.772. The summed E-state index contributed by atoms with van der Waals surface area (Å²) in [5, 5.41) is 0. The summed E-state index contributed by atoms with van der Waals surface area (Å²) in [6, 6.07) is 13.2. The maximum atomic E-state index is 6.21. The van der Waals surface area contributed by atoms with Crippen molar-refractivity contribution in [3.63, 3.8) is 0 Å². The van der Waals surface area contributed by atoms with E-state index in [9.17, 15) is 0 Å². The molecule has 0 spiro atoms. The van der Waals surface area contributed by atoms with Crippen LogP contribution in [0.1, 0.15) is 42.4 Å². The van der Waals surface area contributed by atoms with Crippen LogP contribution >= 0.6 is 0 Å². The van der Waals surface area contributed by atoms with Crippen LogP contribution in [0.25, 0.3) is 0 Å². The summed E-state index contributed by atoms with van der Waals surface area (Å²) in [5.41, 5.74) is 4.34. The van der Waals surface area contributed by atoms with Gasteiger partial charge in [-0.15, -0.1) is 0 Å². The van der Waals surface area contributed by atoms with Gasteiger partial charge in [-0.3, -0.25) is 9.88 Å². The van der Waals surface area contributed by atoms with Crippen molar-refractivity contribution in [2.45, 2.75) is 51.7 Å². The molecule has 0 amide bonds. The molecule has 2 atom stereocenters. The monoisotopic (exact) mass is 350 g/mol. The Kier molecular flexibility index (Phi) is 5.37. The molecule has 2 aromatic rings. The first-order chi connectivity index (χ1) is 12.7. The lowest BCUT2D eigenvalue weighted by atomic mass is 9.75. The van der Waals surface area contributed by atoms with E-state index in [0.29, 0.717) is 11.5 Å². The molecule has 1 aromatic heterocycles. The molecule has 2 fully saturated rings. The summed E-state index contributed by atoms with van der Waals surface area (Å²) in [7, 11) is 0. The van der Waals surface area contributed by atoms with E-state index in [-0.39, 0.29) is 0 Å². The standard InChI is InChI=1S/C23H30N2O/c1-19-14-21(16-24-15-19)17-25-12-11-23(18-25,22-8-5-13-26-22)10-9-20-6-3-2-4-7-20/h2-4,6-7,14-16,22H,5,8-13,17-18H2,1H3. The summed E-state index contributed by atoms with van der Waals surface area (Å²) in [4.78, 5) is 6.98. The number of aryl methyl sites for hydroxylation is 2. The van der Waals surface area contributed by atoms with Crippen molar-refractivity contribution in [2.24, 2.45) is 5.41 Å². The van der Waals surface area contributed by atoms with Crippen LogP contribution in [0.3, 0.4) is 0 Å². The van der Waals surface area contributed by atoms with Crippen molar-refractivity contribution in [3.05, 3.63) is 65.5 Å². The molecular weight excluding hydrogens is 320 g/mol. The molecule has 3 heterocycles. The summed E-state index contributed by atoms with van der Waals surface area (Å²) >= 11 is 0. The van der Waals surface area contributed by atoms with Gasteiger partial charge in [-0.2, -0.15) is 0 Å². The zero-order valence-electron chi connectivity index (χ0n) is 15.9. The zero-order valence-corrected chi connectivity index (χ0v) is 15.9. The Balaban J connectivity index is 1.45. The number of rotatable bonds is 6. The second kappa shape index (κ2) is 7.89. The molecular formula is C23H30N2O. The molecule has 1 aromatic carbocycles. The Bertz CT molecular complexity index is 711. The maximum absolute atomic E-state index is 6.21. The molecule has 26 heavy (non-hydrogen) atoms. The molecule has 0 N–H and O–H groups in total. The van der Waals surface area contributed by atoms with Crippen LogP contribution in [0.15, 0.2) is 48.8 Å². The van der Waals surface area contributed by atoms with Crippen LogP contribution in [0.4, 0.5) is 0 Å². The Morgan fingerprint density at radius 3 is 2.85 bits per heavy atom. The molecule has 0 aliphatic carbocycles. The van der Waals surface area contributed by atoms with Crippen molar-refractivity contribution in [1.29, 1.82) is 0 Å². The van der Waals surface area contributed by atoms with Crippen molar-refractivity contribution in [2.75, 3.05) is 19.7 Å². The average Bonchev–Trinajstić information content (AvgIpc) is 3.32. The number of aromatic nitrogens is 1. The van der Waals surface area contributed by atoms with Crippen LogP contribution in [0, 0.1) is 12.3 Å². The summed E-state index contributed by atoms with van der Waals surface area (Å²) in [6.45, 7) is 6.39. The number of ether oxygens (including phenoxy) is 1. The fraction of sp³-hybridized carbons (Fsp3) is 0.522. The van der Waals surface area contributed by atoms with E-state index in [2.05, 4.69) is 53.2 Å². The minimum absolute atomic E-state index is 0.309. The zero-order chi connectivity index (χ0) is 17.8. The van der Waals surface area contributed by atoms with E-state index in [0.717, 1.165) is 26.1 Å². The molecule has 138 valence electrons. The van der Waals surface area contributed by atoms with Gasteiger partial charge in [0.05, 0.1) is 6.10 Å². The number of benzene rings is 1. The minimum Gasteiger partial charge on any atom is -0.378 e. The number of likely N-dealkylation sites (tertiary alicyclic amines) is 1. The van der Waals surface area contributed by atoms with Gasteiger partial charge in [0.15, 0.2) is 0 Å². The smallest absolute Gasteiger partial charge is 0.0645 e. The number of pyridine rings is 1. The summed E-state index contributed by atoms with van der Waals surface area (Å²) < 4.78 is 6.21. The highest BCUT2D eigenvalue weighted by Gasteiger charge is 2.45. The van der Waals surface area contributed by atoms with Gasteiger partial charge in [-0.25, -0.2) is 0 Å². The first-order valence-electron chi connectivity index (χ1n) is 10.0. The Hall–Kier alpha value is -1.71. The molecule has 3 heteroatoms. The third-order valence-electron chi connectivity index (χ3n) is 6.17. The molecule has 2 saturated heterocycles. The number of hydrogen-bond acceptors (Lipinski definition) is 3. The number of nitrogens with zero attached hydrogens (tertiary/aromatic N) is 2. The second-order valence-electron chi connectivity index (χ2n) is 8.18. The van der Waals surface area contributed by atoms with Crippen LogP contribution in [-0.2, 0) is 17.7 Å². The fourth-order valence-corrected chi connectivity index (χ4v) is 4.81. The molecule has 0 bridgehead atoms. The van der Waals surface area contributed by atoms with E-state index >= 15 is 0 Å². The second-order valence-corrected chi connectivity index (χ2v) is 8.18. The highest BCUT2D eigenvalue weighted by molar-refractivity contribution is 5.18. The third kappa shape index (κ3) is 3.99. The lowest BCUT2D eigenvalue weighted by molar-refractivity contribution is -0.00181. The van der Waals surface area contributed by atoms with Crippen LogP contribution in [0.2, 0.25) is 0 Å². The van der Waals surface area contributed by atoms with Gasteiger partial charge in [-0.05, 0) is 62.3 Å². The lowest BCUT2D eigenvalue weighted by Gasteiger charge is -2.35. The average molecular weight is 351 g/mol. The van der Waals surface area contributed by atoms with E-state index < -0.39 is 0 Å². The normalized spacial score (nSPS) is 26.4. The van der Waals surface area contributed by atoms with Gasteiger partial charge in [0.25, 0.3) is 0 Å². The summed E-state index contributed by atoms with van der Waals surface area (Å²) in [6.07, 6.45) is 10.5. The fourth-order valence-electron chi connectivity index (χ4n) is 4.81. The van der Waals surface area contributed by atoms with E-state index in [4.69, 9.17) is 4.74 Å². The Labute approximate surface area is 157 Å². The van der Waals surface area contributed by atoms with Crippen molar-refractivity contribution in [3.8, 4) is 0 Å². The third-order valence-corrected chi connectivity index (χ3v) is 6.17. The minimum atomic E-state index is 0.309. The highest BCUT2D eigenvalue weighted by atomic mass is 16.5. The molecule has 0 saturated carbocycles. The van der Waals surface area contributed by atoms with E-state index in [1.807, 2.05) is 12.4 Å². The van der Waals surface area contributed by atoms with E-state index in [1.54, 1.807) is 0 Å². The molecule has 2 aliphatic heterocycles. The first-order valence-corrected chi connectivity index (χ1v) is 10.0. The number of hydrogen-bond donors (Lipinski definition) is 0. The molecule has 3 nitrogen and oxygen atoms in total. The molecule has 2 unspecified atom stereocenters. The van der Waals surface area contributed by atoms with Crippen LogP contribution < -0.4 is 0 Å². The van der Waals surface area contributed by atoms with E-state index in [1.165, 1.54) is 48.9 Å². The predicted molar refractivity (Wildman–Crippen MR) is 105 cm³/mol. The Morgan fingerprint density at radius 1 is 1.19 bits per heavy atom. The van der Waals surface area contributed by atoms with Crippen LogP contribution in [0.5, 0.6) is 0 Å². The summed E-state index contributed by atoms with van der Waals surface area (Å²) in [5.74, 6) is 0. The highest BCUT2D eigenvalue weighted by Crippen LogP contribution is 2.43. The van der Waals surface area contributed by atoms with Gasteiger partial charge < -0.3 is 4.74 Å².